The molecular weight excluding hydrogens is 478 g/mol. The fraction of sp³-hybridized carbons (Fsp3) is 0.304. The molecule has 4 aromatic heterocycles. The maximum absolute atomic E-state index is 12.8. The Balaban J connectivity index is 1.36. The molecule has 7 nitrogen and oxygen atoms in total. The van der Waals surface area contributed by atoms with E-state index < -0.39 is 5.97 Å². The quantitative estimate of drug-likeness (QED) is 0.197. The minimum absolute atomic E-state index is 0.173. The van der Waals surface area contributed by atoms with Gasteiger partial charge in [0.1, 0.15) is 38.3 Å². The standard InChI is InChI=1S/C23H21N3O4S3/c1-3-29-23(28)19-14(15-8-7-12(2)30-15)9-31-22(19)26-17(27)10-32-20-18-13-5-4-6-16(13)33-21(18)25-11-24-20/h7-9,11H,3-6,10H2,1-2H3,(H,26,27). The highest BCUT2D eigenvalue weighted by Gasteiger charge is 2.25. The summed E-state index contributed by atoms with van der Waals surface area (Å²) in [4.78, 5) is 36.8. The van der Waals surface area contributed by atoms with Crippen molar-refractivity contribution in [3.63, 3.8) is 0 Å². The summed E-state index contributed by atoms with van der Waals surface area (Å²) >= 11 is 4.40. The summed E-state index contributed by atoms with van der Waals surface area (Å²) in [5, 5.41) is 7.06. The van der Waals surface area contributed by atoms with Crippen molar-refractivity contribution in [2.24, 2.45) is 0 Å². The number of carbonyl (C=O) groups excluding carboxylic acids is 2. The molecule has 0 unspecified atom stereocenters. The van der Waals surface area contributed by atoms with Crippen molar-refractivity contribution < 1.29 is 18.7 Å². The molecule has 5 rings (SSSR count). The van der Waals surface area contributed by atoms with Crippen LogP contribution in [0.5, 0.6) is 0 Å². The van der Waals surface area contributed by atoms with Gasteiger partial charge in [-0.3, -0.25) is 4.79 Å². The van der Waals surface area contributed by atoms with Gasteiger partial charge < -0.3 is 14.5 Å². The third kappa shape index (κ3) is 4.30. The van der Waals surface area contributed by atoms with Crippen LogP contribution >= 0.6 is 34.4 Å². The number of aromatic nitrogens is 2. The summed E-state index contributed by atoms with van der Waals surface area (Å²) < 4.78 is 10.9. The number of aryl methyl sites for hydroxylation is 3. The molecule has 1 aliphatic rings. The molecule has 1 amide bonds. The van der Waals surface area contributed by atoms with E-state index >= 15 is 0 Å². The maximum Gasteiger partial charge on any atom is 0.341 e. The van der Waals surface area contributed by atoms with Crippen LogP contribution in [0.25, 0.3) is 21.5 Å². The molecule has 0 fully saturated rings. The molecule has 0 saturated carbocycles. The van der Waals surface area contributed by atoms with Crippen molar-refractivity contribution in [2.45, 2.75) is 38.1 Å². The molecule has 0 aromatic carbocycles. The van der Waals surface area contributed by atoms with E-state index in [1.807, 2.05) is 13.0 Å². The molecule has 0 aliphatic heterocycles. The van der Waals surface area contributed by atoms with Crippen LogP contribution in [0.15, 0.2) is 33.3 Å². The van der Waals surface area contributed by atoms with Gasteiger partial charge in [0, 0.05) is 21.2 Å². The topological polar surface area (TPSA) is 94.3 Å². The molecule has 4 heterocycles. The number of anilines is 1. The van der Waals surface area contributed by atoms with E-state index in [-0.39, 0.29) is 18.3 Å². The molecule has 0 bridgehead atoms. The Morgan fingerprint density at radius 3 is 2.94 bits per heavy atom. The molecule has 0 atom stereocenters. The third-order valence-corrected chi connectivity index (χ3v) is 8.42. The monoisotopic (exact) mass is 499 g/mol. The zero-order valence-electron chi connectivity index (χ0n) is 18.1. The Hall–Kier alpha value is -2.69. The van der Waals surface area contributed by atoms with Crippen molar-refractivity contribution in [1.29, 1.82) is 0 Å². The van der Waals surface area contributed by atoms with Crippen molar-refractivity contribution in [2.75, 3.05) is 17.7 Å². The van der Waals surface area contributed by atoms with Crippen molar-refractivity contribution in [1.82, 2.24) is 9.97 Å². The molecule has 33 heavy (non-hydrogen) atoms. The van der Waals surface area contributed by atoms with E-state index in [4.69, 9.17) is 9.15 Å². The van der Waals surface area contributed by atoms with E-state index in [2.05, 4.69) is 15.3 Å². The highest BCUT2D eigenvalue weighted by atomic mass is 32.2. The average Bonchev–Trinajstić information content (AvgIpc) is 3.55. The van der Waals surface area contributed by atoms with Gasteiger partial charge in [-0.1, -0.05) is 11.8 Å². The lowest BCUT2D eigenvalue weighted by molar-refractivity contribution is -0.113. The second-order valence-corrected chi connectivity index (χ2v) is 10.5. The molecule has 0 saturated heterocycles. The van der Waals surface area contributed by atoms with Crippen LogP contribution < -0.4 is 5.32 Å². The molecule has 1 aliphatic carbocycles. The summed E-state index contributed by atoms with van der Waals surface area (Å²) in [7, 11) is 0. The number of rotatable bonds is 7. The Morgan fingerprint density at radius 1 is 1.27 bits per heavy atom. The smallest absolute Gasteiger partial charge is 0.341 e. The Kier molecular flexibility index (Phi) is 6.22. The first-order chi connectivity index (χ1) is 16.0. The van der Waals surface area contributed by atoms with Gasteiger partial charge in [0.2, 0.25) is 5.91 Å². The summed E-state index contributed by atoms with van der Waals surface area (Å²) in [5.74, 6) is 0.775. The minimum atomic E-state index is -0.489. The summed E-state index contributed by atoms with van der Waals surface area (Å²) in [5.41, 5.74) is 2.26. The number of thiophene rings is 2. The van der Waals surface area contributed by atoms with Crippen LogP contribution in [0.1, 0.15) is 39.9 Å². The van der Waals surface area contributed by atoms with E-state index in [0.29, 0.717) is 21.9 Å². The van der Waals surface area contributed by atoms with E-state index in [1.165, 1.54) is 33.5 Å². The van der Waals surface area contributed by atoms with Gasteiger partial charge >= 0.3 is 5.97 Å². The summed E-state index contributed by atoms with van der Waals surface area (Å²) in [6, 6.07) is 3.64. The van der Waals surface area contributed by atoms with Crippen LogP contribution in [0.4, 0.5) is 5.00 Å². The Bertz CT molecular complexity index is 1350. The number of fused-ring (bicyclic) bond motifs is 3. The third-order valence-electron chi connectivity index (χ3n) is 5.34. The Labute approximate surface area is 202 Å². The van der Waals surface area contributed by atoms with Crippen molar-refractivity contribution in [3.05, 3.63) is 45.6 Å². The molecule has 10 heteroatoms. The zero-order chi connectivity index (χ0) is 22.9. The number of hydrogen-bond acceptors (Lipinski definition) is 9. The zero-order valence-corrected chi connectivity index (χ0v) is 20.5. The number of nitrogens with zero attached hydrogens (tertiary/aromatic N) is 2. The van der Waals surface area contributed by atoms with Gasteiger partial charge in [-0.05, 0) is 50.8 Å². The van der Waals surface area contributed by atoms with Gasteiger partial charge in [-0.25, -0.2) is 14.8 Å². The molecule has 0 radical (unpaired) electrons. The molecule has 4 aromatic rings. The number of hydrogen-bond donors (Lipinski definition) is 1. The molecular formula is C23H21N3O4S3. The molecule has 170 valence electrons. The minimum Gasteiger partial charge on any atom is -0.462 e. The predicted octanol–water partition coefficient (Wildman–Crippen LogP) is 5.72. The summed E-state index contributed by atoms with van der Waals surface area (Å²) in [6.45, 7) is 3.83. The van der Waals surface area contributed by atoms with E-state index in [1.54, 1.807) is 36.0 Å². The lowest BCUT2D eigenvalue weighted by Crippen LogP contribution is -2.16. The Morgan fingerprint density at radius 2 is 2.15 bits per heavy atom. The lowest BCUT2D eigenvalue weighted by atomic mass is 10.1. The largest absolute Gasteiger partial charge is 0.462 e. The first-order valence-corrected chi connectivity index (χ1v) is 13.3. The predicted molar refractivity (Wildman–Crippen MR) is 132 cm³/mol. The SMILES string of the molecule is CCOC(=O)c1c(-c2ccc(C)o2)csc1NC(=O)CSc1ncnc2sc3c(c12)CCC3. The number of nitrogens with one attached hydrogen (secondary N) is 1. The number of ether oxygens (including phenoxy) is 1. The van der Waals surface area contributed by atoms with Gasteiger partial charge in [-0.15, -0.1) is 22.7 Å². The van der Waals surface area contributed by atoms with Crippen LogP contribution in [0.2, 0.25) is 0 Å². The van der Waals surface area contributed by atoms with Gasteiger partial charge in [-0.2, -0.15) is 0 Å². The second-order valence-electron chi connectivity index (χ2n) is 7.54. The van der Waals surface area contributed by atoms with E-state index in [0.717, 1.165) is 40.3 Å². The maximum atomic E-state index is 12.8. The van der Waals surface area contributed by atoms with Crippen molar-refractivity contribution >= 4 is 61.5 Å². The number of esters is 1. The first kappa shape index (κ1) is 22.1. The normalized spacial score (nSPS) is 12.8. The van der Waals surface area contributed by atoms with E-state index in [9.17, 15) is 9.59 Å². The fourth-order valence-corrected chi connectivity index (χ4v) is 7.00. The number of furan rings is 1. The molecule has 0 spiro atoms. The van der Waals surface area contributed by atoms with Crippen LogP contribution in [-0.2, 0) is 22.4 Å². The second kappa shape index (κ2) is 9.28. The van der Waals surface area contributed by atoms with Gasteiger partial charge in [0.25, 0.3) is 0 Å². The highest BCUT2D eigenvalue weighted by Crippen LogP contribution is 2.40. The first-order valence-electron chi connectivity index (χ1n) is 10.6. The fourth-order valence-electron chi connectivity index (χ4n) is 3.92. The lowest BCUT2D eigenvalue weighted by Gasteiger charge is -2.08. The van der Waals surface area contributed by atoms with Gasteiger partial charge in [0.15, 0.2) is 0 Å². The van der Waals surface area contributed by atoms with Crippen LogP contribution in [0.3, 0.4) is 0 Å². The summed E-state index contributed by atoms with van der Waals surface area (Å²) in [6.07, 6.45) is 4.84. The number of carbonyl (C=O) groups is 2. The van der Waals surface area contributed by atoms with Crippen LogP contribution in [0, 0.1) is 6.92 Å². The van der Waals surface area contributed by atoms with Crippen molar-refractivity contribution in [3.8, 4) is 11.3 Å². The average molecular weight is 500 g/mol. The molecule has 1 N–H and O–H groups in total. The number of amides is 1. The number of thioether (sulfide) groups is 1. The highest BCUT2D eigenvalue weighted by molar-refractivity contribution is 8.00. The van der Waals surface area contributed by atoms with Crippen LogP contribution in [-0.4, -0.2) is 34.2 Å². The van der Waals surface area contributed by atoms with Gasteiger partial charge in [0.05, 0.1) is 12.4 Å².